The van der Waals surface area contributed by atoms with Gasteiger partial charge in [-0.3, -0.25) is 0 Å². The predicted molar refractivity (Wildman–Crippen MR) is 183 cm³/mol. The molecular weight excluding hydrogens is 520 g/mol. The van der Waals surface area contributed by atoms with Gasteiger partial charge in [0.1, 0.15) is 11.2 Å². The quantitative estimate of drug-likeness (QED) is 0.198. The molecule has 0 amide bonds. The van der Waals surface area contributed by atoms with Crippen molar-refractivity contribution in [3.63, 3.8) is 0 Å². The molecule has 1 heteroatoms. The van der Waals surface area contributed by atoms with Gasteiger partial charge in [-0.1, -0.05) is 133 Å². The Morgan fingerprint density at radius 3 is 1.77 bits per heavy atom. The van der Waals surface area contributed by atoms with Gasteiger partial charge in [0.05, 0.1) is 12.3 Å². The molecule has 0 aliphatic carbocycles. The minimum atomic E-state index is -0.531. The van der Waals surface area contributed by atoms with E-state index in [9.17, 15) is 2.74 Å². The van der Waals surface area contributed by atoms with Crippen LogP contribution in [0.1, 0.15) is 12.3 Å². The zero-order chi connectivity index (χ0) is 36.2. The summed E-state index contributed by atoms with van der Waals surface area (Å²) in [4.78, 5) is 0. The molecule has 0 spiro atoms. The first-order valence-corrected chi connectivity index (χ1v) is 14.0. The highest BCUT2D eigenvalue weighted by molar-refractivity contribution is 6.26. The summed E-state index contributed by atoms with van der Waals surface area (Å²) in [5.74, 6) is 0. The highest BCUT2D eigenvalue weighted by Gasteiger charge is 2.20. The minimum absolute atomic E-state index is 0.0577. The van der Waals surface area contributed by atoms with Crippen LogP contribution in [-0.2, 0) is 0 Å². The Labute approximate surface area is 261 Å². The smallest absolute Gasteiger partial charge is 0.136 e. The first kappa shape index (κ1) is 16.7. The standard InChI is InChI=1S/C42H26O/c1-2-12-27(13-3-1)28-16-10-17-31(24-28)40-32-18-6-8-20-34(32)41(35-21-9-7-19-33(35)40)36-22-11-23-38-42(36)37-25-29-14-4-5-15-30(29)26-39(37)43-38/h1-26H/i4D,5D,11D,14D,15D,22D,23D,25D,26D. The Hall–Kier alpha value is -5.66. The summed E-state index contributed by atoms with van der Waals surface area (Å²) in [7, 11) is 0. The van der Waals surface area contributed by atoms with Crippen molar-refractivity contribution in [3.8, 4) is 33.4 Å². The molecule has 0 fully saturated rings. The van der Waals surface area contributed by atoms with E-state index < -0.39 is 24.2 Å². The Balaban J connectivity index is 1.48. The monoisotopic (exact) mass is 555 g/mol. The fourth-order valence-electron chi connectivity index (χ4n) is 6.30. The third-order valence-corrected chi connectivity index (χ3v) is 8.14. The maximum atomic E-state index is 9.41. The van der Waals surface area contributed by atoms with Crippen LogP contribution in [0.2, 0.25) is 0 Å². The maximum absolute atomic E-state index is 9.41. The molecule has 0 radical (unpaired) electrons. The molecule has 1 heterocycles. The largest absolute Gasteiger partial charge is 0.456 e. The van der Waals surface area contributed by atoms with Crippen molar-refractivity contribution in [2.45, 2.75) is 0 Å². The first-order valence-electron chi connectivity index (χ1n) is 18.5. The summed E-state index contributed by atoms with van der Waals surface area (Å²) in [5.41, 5.74) is 4.72. The van der Waals surface area contributed by atoms with Crippen molar-refractivity contribution in [1.29, 1.82) is 0 Å². The summed E-state index contributed by atoms with van der Waals surface area (Å²) in [6, 6.07) is 30.5. The molecule has 0 saturated heterocycles. The Morgan fingerprint density at radius 1 is 0.442 bits per heavy atom. The van der Waals surface area contributed by atoms with E-state index >= 15 is 0 Å². The van der Waals surface area contributed by atoms with Crippen molar-refractivity contribution < 1.29 is 16.8 Å². The lowest BCUT2D eigenvalue weighted by molar-refractivity contribution is 0.669. The molecule has 0 atom stereocenters. The van der Waals surface area contributed by atoms with Gasteiger partial charge in [0.25, 0.3) is 0 Å². The number of furan rings is 1. The van der Waals surface area contributed by atoms with Crippen molar-refractivity contribution >= 4 is 54.3 Å². The topological polar surface area (TPSA) is 13.1 Å². The number of benzene rings is 8. The van der Waals surface area contributed by atoms with Crippen LogP contribution in [0.5, 0.6) is 0 Å². The van der Waals surface area contributed by atoms with Crippen molar-refractivity contribution in [3.05, 3.63) is 158 Å². The number of rotatable bonds is 3. The Kier molecular flexibility index (Phi) is 3.67. The van der Waals surface area contributed by atoms with Crippen LogP contribution in [0.25, 0.3) is 87.6 Å². The lowest BCUT2D eigenvalue weighted by Crippen LogP contribution is -1.91. The first-order chi connectivity index (χ1) is 25.1. The Bertz CT molecular complexity index is 2950. The van der Waals surface area contributed by atoms with Gasteiger partial charge in [-0.05, 0) is 89.9 Å². The minimum Gasteiger partial charge on any atom is -0.456 e. The molecule has 0 saturated carbocycles. The molecule has 1 aromatic heterocycles. The van der Waals surface area contributed by atoms with E-state index in [0.717, 1.165) is 43.8 Å². The van der Waals surface area contributed by atoms with Gasteiger partial charge >= 0.3 is 0 Å². The SMILES string of the molecule is [2H]c1c([2H])c(-c2c3ccccc3c(-c3cccc(-c4ccccc4)c3)c3ccccc23)c2c(oc3c([2H])c4c([2H])c([2H])c([2H])c([2H])c4c([2H])c32)c1[2H]. The van der Waals surface area contributed by atoms with Crippen LogP contribution in [0, 0.1) is 0 Å². The molecule has 1 nitrogen and oxygen atoms in total. The Morgan fingerprint density at radius 2 is 1.05 bits per heavy atom. The van der Waals surface area contributed by atoms with E-state index in [2.05, 4.69) is 30.3 Å². The van der Waals surface area contributed by atoms with E-state index in [1.54, 1.807) is 0 Å². The second-order valence-electron chi connectivity index (χ2n) is 10.5. The normalized spacial score (nSPS) is 14.7. The molecule has 0 N–H and O–H groups in total. The van der Waals surface area contributed by atoms with E-state index in [4.69, 9.17) is 14.0 Å². The van der Waals surface area contributed by atoms with Crippen LogP contribution in [0.4, 0.5) is 0 Å². The van der Waals surface area contributed by atoms with E-state index in [1.165, 1.54) is 0 Å². The fourth-order valence-corrected chi connectivity index (χ4v) is 6.30. The van der Waals surface area contributed by atoms with Gasteiger partial charge in [0.2, 0.25) is 0 Å². The second kappa shape index (κ2) is 9.44. The van der Waals surface area contributed by atoms with Gasteiger partial charge in [-0.25, -0.2) is 0 Å². The molecule has 9 rings (SSSR count). The van der Waals surface area contributed by atoms with E-state index in [1.807, 2.05) is 72.8 Å². The third kappa shape index (κ3) is 3.72. The highest BCUT2D eigenvalue weighted by atomic mass is 16.3. The maximum Gasteiger partial charge on any atom is 0.136 e. The summed E-state index contributed by atoms with van der Waals surface area (Å²) >= 11 is 0. The molecular formula is C42H26O. The van der Waals surface area contributed by atoms with Crippen LogP contribution < -0.4 is 0 Å². The summed E-state index contributed by atoms with van der Waals surface area (Å²) in [6.45, 7) is 0. The lowest BCUT2D eigenvalue weighted by atomic mass is 9.84. The third-order valence-electron chi connectivity index (χ3n) is 8.14. The van der Waals surface area contributed by atoms with Gasteiger partial charge in [0, 0.05) is 10.8 Å². The van der Waals surface area contributed by atoms with E-state index in [0.29, 0.717) is 5.56 Å². The van der Waals surface area contributed by atoms with Crippen LogP contribution in [-0.4, -0.2) is 0 Å². The molecule has 0 unspecified atom stereocenters. The molecule has 43 heavy (non-hydrogen) atoms. The number of fused-ring (bicyclic) bond motifs is 6. The van der Waals surface area contributed by atoms with Crippen LogP contribution >= 0.6 is 0 Å². The summed E-state index contributed by atoms with van der Waals surface area (Å²) in [5, 5.41) is 3.24. The summed E-state index contributed by atoms with van der Waals surface area (Å²) < 4.78 is 85.7. The zero-order valence-corrected chi connectivity index (χ0v) is 22.7. The summed E-state index contributed by atoms with van der Waals surface area (Å²) in [6.07, 6.45) is 0. The fraction of sp³-hybridized carbons (Fsp3) is 0. The van der Waals surface area contributed by atoms with Crippen molar-refractivity contribution in [1.82, 2.24) is 0 Å². The molecule has 0 bridgehead atoms. The molecule has 9 aromatic rings. The molecule has 200 valence electrons. The number of hydrogen-bond donors (Lipinski definition) is 0. The number of hydrogen-bond acceptors (Lipinski definition) is 1. The van der Waals surface area contributed by atoms with Crippen LogP contribution in [0.3, 0.4) is 0 Å². The molecule has 8 aromatic carbocycles. The van der Waals surface area contributed by atoms with Crippen LogP contribution in [0.15, 0.2) is 162 Å². The lowest BCUT2D eigenvalue weighted by Gasteiger charge is -2.18. The van der Waals surface area contributed by atoms with Gasteiger partial charge in [0.15, 0.2) is 0 Å². The molecule has 0 aliphatic heterocycles. The molecule has 0 aliphatic rings. The average molecular weight is 556 g/mol. The van der Waals surface area contributed by atoms with Crippen molar-refractivity contribution in [2.24, 2.45) is 0 Å². The average Bonchev–Trinajstić information content (AvgIpc) is 3.58. The van der Waals surface area contributed by atoms with Gasteiger partial charge < -0.3 is 4.42 Å². The predicted octanol–water partition coefficient (Wildman–Crippen LogP) is 12.0. The zero-order valence-electron chi connectivity index (χ0n) is 31.7. The van der Waals surface area contributed by atoms with Crippen molar-refractivity contribution in [2.75, 3.05) is 0 Å². The van der Waals surface area contributed by atoms with E-state index in [-0.39, 0.29) is 68.5 Å². The van der Waals surface area contributed by atoms with Gasteiger partial charge in [-0.2, -0.15) is 0 Å². The highest BCUT2D eigenvalue weighted by Crippen LogP contribution is 2.47. The van der Waals surface area contributed by atoms with Gasteiger partial charge in [-0.15, -0.1) is 0 Å². The second-order valence-corrected chi connectivity index (χ2v) is 10.5.